The minimum absolute atomic E-state index is 0.355. The number of nitrogens with zero attached hydrogens (tertiary/aromatic N) is 2. The van der Waals surface area contributed by atoms with Gasteiger partial charge < -0.3 is 9.15 Å². The molecule has 0 atom stereocenters. The first-order valence-corrected chi connectivity index (χ1v) is 4.93. The van der Waals surface area contributed by atoms with Crippen LogP contribution in [-0.2, 0) is 11.3 Å². The molecule has 80 valence electrons. The fourth-order valence-corrected chi connectivity index (χ4v) is 1.44. The van der Waals surface area contributed by atoms with Gasteiger partial charge in [0.2, 0.25) is 5.76 Å². The van der Waals surface area contributed by atoms with Gasteiger partial charge in [0.25, 0.3) is 0 Å². The van der Waals surface area contributed by atoms with E-state index in [9.17, 15) is 0 Å². The average Bonchev–Trinajstić information content (AvgIpc) is 2.76. The molecule has 1 aromatic heterocycles. The zero-order valence-electron chi connectivity index (χ0n) is 8.40. The highest BCUT2D eigenvalue weighted by molar-refractivity contribution is 5.18. The number of hydrazine groups is 1. The van der Waals surface area contributed by atoms with E-state index in [0.717, 1.165) is 32.1 Å². The molecule has 5 heteroatoms. The van der Waals surface area contributed by atoms with Gasteiger partial charge in [-0.3, -0.25) is 0 Å². The molecule has 0 aromatic carbocycles. The molecule has 0 amide bonds. The summed E-state index contributed by atoms with van der Waals surface area (Å²) in [4.78, 5) is 0. The fourth-order valence-electron chi connectivity index (χ4n) is 1.44. The van der Waals surface area contributed by atoms with E-state index in [2.05, 4.69) is 10.4 Å². The predicted molar refractivity (Wildman–Crippen MR) is 52.7 cm³/mol. The molecule has 15 heavy (non-hydrogen) atoms. The molecule has 0 radical (unpaired) electrons. The quantitative estimate of drug-likeness (QED) is 0.781. The zero-order valence-corrected chi connectivity index (χ0v) is 8.40. The van der Waals surface area contributed by atoms with E-state index < -0.39 is 0 Å². The maximum Gasteiger partial charge on any atom is 0.203 e. The second-order valence-corrected chi connectivity index (χ2v) is 3.31. The Morgan fingerprint density at radius 3 is 2.87 bits per heavy atom. The van der Waals surface area contributed by atoms with E-state index in [1.165, 1.54) is 0 Å². The first-order valence-electron chi connectivity index (χ1n) is 4.93. The van der Waals surface area contributed by atoms with Gasteiger partial charge in [0, 0.05) is 13.1 Å². The summed E-state index contributed by atoms with van der Waals surface area (Å²) in [6.07, 6.45) is 0. The number of rotatable bonds is 3. The van der Waals surface area contributed by atoms with Gasteiger partial charge in [0.05, 0.1) is 19.8 Å². The van der Waals surface area contributed by atoms with Crippen LogP contribution in [0.25, 0.3) is 0 Å². The summed E-state index contributed by atoms with van der Waals surface area (Å²) in [6.45, 7) is 3.89. The van der Waals surface area contributed by atoms with Crippen molar-refractivity contribution in [1.82, 2.24) is 10.4 Å². The van der Waals surface area contributed by atoms with Crippen molar-refractivity contribution in [3.8, 4) is 6.07 Å². The molecule has 0 aliphatic carbocycles. The molecule has 1 aliphatic heterocycles. The van der Waals surface area contributed by atoms with E-state index in [1.807, 2.05) is 12.1 Å². The summed E-state index contributed by atoms with van der Waals surface area (Å²) >= 11 is 0. The Bertz CT molecular complexity index is 350. The van der Waals surface area contributed by atoms with Crippen molar-refractivity contribution in [1.29, 1.82) is 5.26 Å². The van der Waals surface area contributed by atoms with Gasteiger partial charge in [-0.2, -0.15) is 5.26 Å². The van der Waals surface area contributed by atoms with Crippen molar-refractivity contribution in [2.24, 2.45) is 0 Å². The van der Waals surface area contributed by atoms with Gasteiger partial charge in [0.1, 0.15) is 11.8 Å². The van der Waals surface area contributed by atoms with Crippen LogP contribution in [0.2, 0.25) is 0 Å². The Morgan fingerprint density at radius 1 is 1.40 bits per heavy atom. The van der Waals surface area contributed by atoms with Gasteiger partial charge in [0.15, 0.2) is 0 Å². The lowest BCUT2D eigenvalue weighted by Gasteiger charge is -2.26. The average molecular weight is 207 g/mol. The van der Waals surface area contributed by atoms with Crippen LogP contribution in [-0.4, -0.2) is 31.3 Å². The Kier molecular flexibility index (Phi) is 3.35. The van der Waals surface area contributed by atoms with Crippen molar-refractivity contribution in [2.45, 2.75) is 6.54 Å². The Hall–Kier alpha value is -1.35. The highest BCUT2D eigenvalue weighted by atomic mass is 16.5. The minimum atomic E-state index is 0.355. The molecule has 1 aliphatic rings. The van der Waals surface area contributed by atoms with Gasteiger partial charge in [-0.05, 0) is 12.1 Å². The van der Waals surface area contributed by atoms with Crippen LogP contribution >= 0.6 is 0 Å². The summed E-state index contributed by atoms with van der Waals surface area (Å²) in [5.74, 6) is 1.13. The Balaban J connectivity index is 1.79. The molecule has 5 nitrogen and oxygen atoms in total. The van der Waals surface area contributed by atoms with E-state index in [0.29, 0.717) is 12.3 Å². The van der Waals surface area contributed by atoms with Crippen molar-refractivity contribution in [3.05, 3.63) is 23.7 Å². The number of ether oxygens (including phenoxy) is 1. The van der Waals surface area contributed by atoms with Crippen LogP contribution in [0.15, 0.2) is 16.5 Å². The maximum atomic E-state index is 8.58. The summed E-state index contributed by atoms with van der Waals surface area (Å²) in [5.41, 5.74) is 3.23. The van der Waals surface area contributed by atoms with Gasteiger partial charge >= 0.3 is 0 Å². The second-order valence-electron chi connectivity index (χ2n) is 3.31. The van der Waals surface area contributed by atoms with Crippen LogP contribution in [0.1, 0.15) is 11.5 Å². The van der Waals surface area contributed by atoms with Crippen LogP contribution in [0, 0.1) is 11.3 Å². The normalized spacial score (nSPS) is 17.5. The van der Waals surface area contributed by atoms with Crippen molar-refractivity contribution < 1.29 is 9.15 Å². The Labute approximate surface area is 88.2 Å². The standard InChI is InChI=1S/C10H13N3O2/c11-7-9-1-2-10(15-9)8-12-13-3-5-14-6-4-13/h1-2,12H,3-6,8H2. The fraction of sp³-hybridized carbons (Fsp3) is 0.500. The summed E-state index contributed by atoms with van der Waals surface area (Å²) < 4.78 is 10.5. The van der Waals surface area contributed by atoms with E-state index in [-0.39, 0.29) is 0 Å². The highest BCUT2D eigenvalue weighted by Crippen LogP contribution is 2.06. The third-order valence-electron chi connectivity index (χ3n) is 2.26. The van der Waals surface area contributed by atoms with E-state index >= 15 is 0 Å². The largest absolute Gasteiger partial charge is 0.449 e. The predicted octanol–water partition coefficient (Wildman–Crippen LogP) is 0.488. The molecule has 2 rings (SSSR count). The second kappa shape index (κ2) is 4.94. The molecule has 0 unspecified atom stereocenters. The topological polar surface area (TPSA) is 61.4 Å². The molecule has 2 heterocycles. The number of hydrogen-bond donors (Lipinski definition) is 1. The lowest BCUT2D eigenvalue weighted by atomic mass is 10.4. The lowest BCUT2D eigenvalue weighted by Crippen LogP contribution is -2.45. The minimum Gasteiger partial charge on any atom is -0.449 e. The highest BCUT2D eigenvalue weighted by Gasteiger charge is 2.10. The number of hydrogen-bond acceptors (Lipinski definition) is 5. The zero-order chi connectivity index (χ0) is 10.5. The van der Waals surface area contributed by atoms with E-state index in [4.69, 9.17) is 14.4 Å². The molecule has 0 spiro atoms. The maximum absolute atomic E-state index is 8.58. The van der Waals surface area contributed by atoms with Crippen molar-refractivity contribution in [2.75, 3.05) is 26.3 Å². The van der Waals surface area contributed by atoms with Gasteiger partial charge in [-0.25, -0.2) is 10.4 Å². The molecule has 0 saturated carbocycles. The third-order valence-corrected chi connectivity index (χ3v) is 2.26. The molecule has 1 N–H and O–H groups in total. The van der Waals surface area contributed by atoms with Gasteiger partial charge in [-0.15, -0.1) is 0 Å². The molecule has 1 saturated heterocycles. The van der Waals surface area contributed by atoms with Gasteiger partial charge in [-0.1, -0.05) is 0 Å². The lowest BCUT2D eigenvalue weighted by molar-refractivity contribution is 0.00943. The summed E-state index contributed by atoms with van der Waals surface area (Å²) in [6, 6.07) is 5.45. The smallest absolute Gasteiger partial charge is 0.203 e. The number of morpholine rings is 1. The number of nitriles is 1. The third kappa shape index (κ3) is 2.80. The number of nitrogens with one attached hydrogen (secondary N) is 1. The van der Waals surface area contributed by atoms with Crippen molar-refractivity contribution in [3.63, 3.8) is 0 Å². The SMILES string of the molecule is N#Cc1ccc(CNN2CCOCC2)o1. The van der Waals surface area contributed by atoms with Crippen LogP contribution < -0.4 is 5.43 Å². The number of furan rings is 1. The molecular formula is C10H13N3O2. The first-order chi connectivity index (χ1) is 7.38. The first kappa shape index (κ1) is 10.2. The van der Waals surface area contributed by atoms with E-state index in [1.54, 1.807) is 6.07 Å². The molecule has 1 fully saturated rings. The summed E-state index contributed by atoms with van der Waals surface area (Å²) in [7, 11) is 0. The van der Waals surface area contributed by atoms with Crippen LogP contribution in [0.5, 0.6) is 0 Å². The van der Waals surface area contributed by atoms with Crippen LogP contribution in [0.3, 0.4) is 0 Å². The van der Waals surface area contributed by atoms with Crippen LogP contribution in [0.4, 0.5) is 0 Å². The Morgan fingerprint density at radius 2 is 2.20 bits per heavy atom. The summed E-state index contributed by atoms with van der Waals surface area (Å²) in [5, 5.41) is 10.7. The molecule has 1 aromatic rings. The van der Waals surface area contributed by atoms with Crippen molar-refractivity contribution >= 4 is 0 Å². The molecular weight excluding hydrogens is 194 g/mol. The monoisotopic (exact) mass is 207 g/mol. The molecule has 0 bridgehead atoms.